The highest BCUT2D eigenvalue weighted by molar-refractivity contribution is 6.02. The van der Waals surface area contributed by atoms with Gasteiger partial charge in [-0.2, -0.15) is 5.26 Å². The van der Waals surface area contributed by atoms with Crippen LogP contribution in [-0.4, -0.2) is 24.1 Å². The molecule has 0 heterocycles. The van der Waals surface area contributed by atoms with Crippen molar-refractivity contribution in [1.29, 1.82) is 5.26 Å². The molecule has 0 saturated heterocycles. The van der Waals surface area contributed by atoms with Crippen LogP contribution in [0.25, 0.3) is 0 Å². The van der Waals surface area contributed by atoms with Gasteiger partial charge in [-0.3, -0.25) is 14.4 Å². The van der Waals surface area contributed by atoms with E-state index in [9.17, 15) is 19.6 Å². The predicted molar refractivity (Wildman–Crippen MR) is 155 cm³/mol. The smallest absolute Gasteiger partial charge is 0.302 e. The van der Waals surface area contributed by atoms with Crippen LogP contribution in [0.5, 0.6) is 0 Å². The van der Waals surface area contributed by atoms with E-state index in [1.54, 1.807) is 6.92 Å². The van der Waals surface area contributed by atoms with E-state index in [-0.39, 0.29) is 56.6 Å². The van der Waals surface area contributed by atoms with E-state index in [1.165, 1.54) is 6.92 Å². The molecular formula is C34H51NO4. The highest BCUT2D eigenvalue weighted by Crippen LogP contribution is 2.66. The van der Waals surface area contributed by atoms with E-state index < -0.39 is 5.41 Å². The lowest BCUT2D eigenvalue weighted by Crippen LogP contribution is -2.53. The number of carbonyl (C=O) groups is 3. The third-order valence-corrected chi connectivity index (χ3v) is 11.3. The molecule has 2 saturated carbocycles. The van der Waals surface area contributed by atoms with Crippen LogP contribution in [0.2, 0.25) is 0 Å². The fourth-order valence-corrected chi connectivity index (χ4v) is 8.18. The van der Waals surface area contributed by atoms with E-state index in [1.807, 2.05) is 19.1 Å². The Morgan fingerprint density at radius 3 is 2.23 bits per heavy atom. The lowest BCUT2D eigenvalue weighted by Gasteiger charge is -2.60. The summed E-state index contributed by atoms with van der Waals surface area (Å²) in [7, 11) is 0. The molecule has 3 aliphatic rings. The fraction of sp³-hybridized carbons (Fsp3) is 0.765. The standard InChI is InChI=1S/C34H51NO4/c1-23(36)19-28-33(8)20-26(21-35)29(38)24(2)27(33)11-14-34(28,9)32(7)13-10-12-30(4,5)15-16-31(6,17-18-32)22-39-25(3)37/h19-20,24,27H,10-18,22H2,1-9H3/b28-19-/t24-,27-,31-,32-,33-,34+/m0/s1. The lowest BCUT2D eigenvalue weighted by atomic mass is 9.43. The van der Waals surface area contributed by atoms with Crippen LogP contribution in [0.1, 0.15) is 120 Å². The molecule has 216 valence electrons. The quantitative estimate of drug-likeness (QED) is 0.268. The molecule has 39 heavy (non-hydrogen) atoms. The second kappa shape index (κ2) is 11.0. The molecule has 3 aliphatic carbocycles. The number of nitriles is 1. The van der Waals surface area contributed by atoms with Gasteiger partial charge in [-0.1, -0.05) is 66.5 Å². The van der Waals surface area contributed by atoms with Gasteiger partial charge < -0.3 is 4.74 Å². The van der Waals surface area contributed by atoms with Crippen LogP contribution in [-0.2, 0) is 19.1 Å². The van der Waals surface area contributed by atoms with Crippen molar-refractivity contribution in [3.63, 3.8) is 0 Å². The van der Waals surface area contributed by atoms with Gasteiger partial charge in [-0.15, -0.1) is 0 Å². The van der Waals surface area contributed by atoms with Gasteiger partial charge in [0.1, 0.15) is 6.07 Å². The van der Waals surface area contributed by atoms with Crippen LogP contribution in [0, 0.1) is 50.2 Å². The first kappa shape index (κ1) is 31.3. The highest BCUT2D eigenvalue weighted by Gasteiger charge is 2.59. The number of carbonyl (C=O) groups excluding carboxylic acids is 3. The Morgan fingerprint density at radius 1 is 1.00 bits per heavy atom. The molecule has 0 N–H and O–H groups in total. The number of hydrogen-bond acceptors (Lipinski definition) is 5. The molecule has 0 spiro atoms. The average molecular weight is 538 g/mol. The highest BCUT2D eigenvalue weighted by atomic mass is 16.5. The minimum Gasteiger partial charge on any atom is -0.465 e. The zero-order chi connectivity index (χ0) is 29.4. The Bertz CT molecular complexity index is 1110. The first-order valence-corrected chi connectivity index (χ1v) is 15.0. The van der Waals surface area contributed by atoms with Crippen molar-refractivity contribution >= 4 is 17.5 Å². The Hall–Kier alpha value is -2.22. The van der Waals surface area contributed by atoms with E-state index in [0.717, 1.165) is 63.4 Å². The topological polar surface area (TPSA) is 84.2 Å². The molecule has 0 aromatic rings. The molecule has 3 rings (SSSR count). The third-order valence-electron chi connectivity index (χ3n) is 11.3. The normalized spacial score (nSPS) is 40.2. The molecule has 0 aromatic heterocycles. The maximum absolute atomic E-state index is 13.0. The minimum absolute atomic E-state index is 0.0128. The second-order valence-electron chi connectivity index (χ2n) is 14.9. The van der Waals surface area contributed by atoms with E-state index in [0.29, 0.717) is 6.61 Å². The maximum Gasteiger partial charge on any atom is 0.302 e. The van der Waals surface area contributed by atoms with Crippen molar-refractivity contribution in [3.05, 3.63) is 23.3 Å². The Morgan fingerprint density at radius 2 is 1.64 bits per heavy atom. The summed E-state index contributed by atoms with van der Waals surface area (Å²) < 4.78 is 5.60. The summed E-state index contributed by atoms with van der Waals surface area (Å²) in [4.78, 5) is 37.5. The largest absolute Gasteiger partial charge is 0.465 e. The number of fused-ring (bicyclic) bond motifs is 1. The molecule has 0 radical (unpaired) electrons. The van der Waals surface area contributed by atoms with Crippen LogP contribution in [0.3, 0.4) is 0 Å². The summed E-state index contributed by atoms with van der Waals surface area (Å²) in [6.07, 6.45) is 12.8. The van der Waals surface area contributed by atoms with Gasteiger partial charge in [0.25, 0.3) is 0 Å². The van der Waals surface area contributed by atoms with Gasteiger partial charge in [0.2, 0.25) is 0 Å². The number of esters is 1. The van der Waals surface area contributed by atoms with Crippen molar-refractivity contribution in [1.82, 2.24) is 0 Å². The Balaban J connectivity index is 2.14. The first-order chi connectivity index (χ1) is 17.9. The molecule has 0 aromatic carbocycles. The number of Topliss-reactive ketones (excluding diaryl/α,β-unsaturated/α-hetero) is 1. The zero-order valence-electron chi connectivity index (χ0n) is 26.0. The monoisotopic (exact) mass is 537 g/mol. The van der Waals surface area contributed by atoms with Gasteiger partial charge in [0, 0.05) is 23.7 Å². The number of hydrogen-bond donors (Lipinski definition) is 0. The molecule has 2 fully saturated rings. The average Bonchev–Trinajstić information content (AvgIpc) is 2.84. The van der Waals surface area contributed by atoms with Crippen LogP contribution in [0.15, 0.2) is 23.3 Å². The number of allylic oxidation sites excluding steroid dienone is 4. The summed E-state index contributed by atoms with van der Waals surface area (Å²) in [5, 5.41) is 9.84. The molecular weight excluding hydrogens is 486 g/mol. The van der Waals surface area contributed by atoms with E-state index >= 15 is 0 Å². The van der Waals surface area contributed by atoms with Crippen LogP contribution in [0.4, 0.5) is 0 Å². The number of ketones is 2. The minimum atomic E-state index is -0.532. The van der Waals surface area contributed by atoms with E-state index in [2.05, 4.69) is 47.6 Å². The summed E-state index contributed by atoms with van der Waals surface area (Å²) in [6, 6.07) is 2.17. The summed E-state index contributed by atoms with van der Waals surface area (Å²) in [5.41, 5.74) is 0.463. The Labute approximate surface area is 236 Å². The van der Waals surface area contributed by atoms with Crippen molar-refractivity contribution in [2.75, 3.05) is 6.61 Å². The molecule has 0 bridgehead atoms. The van der Waals surface area contributed by atoms with Gasteiger partial charge >= 0.3 is 5.97 Å². The number of rotatable bonds is 4. The van der Waals surface area contributed by atoms with Crippen molar-refractivity contribution < 1.29 is 19.1 Å². The molecule has 6 atom stereocenters. The van der Waals surface area contributed by atoms with Crippen molar-refractivity contribution in [2.45, 2.75) is 120 Å². The van der Waals surface area contributed by atoms with Crippen molar-refractivity contribution in [3.8, 4) is 6.07 Å². The summed E-state index contributed by atoms with van der Waals surface area (Å²) in [5.74, 6) is -0.476. The van der Waals surface area contributed by atoms with Gasteiger partial charge in [0.05, 0.1) is 12.2 Å². The van der Waals surface area contributed by atoms with E-state index in [4.69, 9.17) is 4.74 Å². The number of ether oxygens (including phenoxy) is 1. The zero-order valence-corrected chi connectivity index (χ0v) is 26.0. The van der Waals surface area contributed by atoms with Crippen LogP contribution >= 0.6 is 0 Å². The lowest BCUT2D eigenvalue weighted by molar-refractivity contribution is -0.145. The second-order valence-corrected chi connectivity index (χ2v) is 14.9. The third kappa shape index (κ3) is 6.10. The molecule has 0 amide bonds. The first-order valence-electron chi connectivity index (χ1n) is 15.0. The number of nitrogens with zero attached hydrogens (tertiary/aromatic N) is 1. The molecule has 5 nitrogen and oxygen atoms in total. The van der Waals surface area contributed by atoms with Crippen molar-refractivity contribution in [2.24, 2.45) is 38.9 Å². The maximum atomic E-state index is 13.0. The predicted octanol–water partition coefficient (Wildman–Crippen LogP) is 7.94. The fourth-order valence-electron chi connectivity index (χ4n) is 8.18. The van der Waals surface area contributed by atoms with Crippen LogP contribution < -0.4 is 0 Å². The summed E-state index contributed by atoms with van der Waals surface area (Å²) in [6.45, 7) is 19.3. The Kier molecular flexibility index (Phi) is 8.82. The SMILES string of the molecule is CC(=O)/C=C1/[C@@]2(C)C=C(C#N)C(=O)[C@@H](C)[C@@H]2CC[C@@]1(C)[C@@]1(C)CCCC(C)(C)CC[C@](C)(COC(C)=O)CC1. The van der Waals surface area contributed by atoms with Gasteiger partial charge in [-0.05, 0) is 86.5 Å². The van der Waals surface area contributed by atoms with Gasteiger partial charge in [-0.25, -0.2) is 0 Å². The molecule has 0 unspecified atom stereocenters. The molecule has 0 aliphatic heterocycles. The molecule has 5 heteroatoms. The summed E-state index contributed by atoms with van der Waals surface area (Å²) >= 11 is 0. The van der Waals surface area contributed by atoms with Gasteiger partial charge in [0.15, 0.2) is 11.6 Å².